The minimum absolute atomic E-state index is 0.0214. The van der Waals surface area contributed by atoms with Crippen LogP contribution in [0.25, 0.3) is 11.5 Å². The second-order valence-electron chi connectivity index (χ2n) is 6.00. The van der Waals surface area contributed by atoms with Crippen LogP contribution < -0.4 is 10.1 Å². The van der Waals surface area contributed by atoms with Crippen LogP contribution in [0.3, 0.4) is 0 Å². The van der Waals surface area contributed by atoms with E-state index in [1.165, 1.54) is 6.39 Å². The Labute approximate surface area is 144 Å². The van der Waals surface area contributed by atoms with Gasteiger partial charge in [0.25, 0.3) is 0 Å². The first kappa shape index (κ1) is 15.4. The van der Waals surface area contributed by atoms with Crippen LogP contribution in [0, 0.1) is 5.92 Å². The number of ether oxygens (including phenoxy) is 1. The van der Waals surface area contributed by atoms with E-state index in [1.807, 2.05) is 48.5 Å². The van der Waals surface area contributed by atoms with Crippen LogP contribution >= 0.6 is 0 Å². The Morgan fingerprint density at radius 3 is 2.72 bits per heavy atom. The summed E-state index contributed by atoms with van der Waals surface area (Å²) in [5.74, 6) is 1.52. The third-order valence-electron chi connectivity index (χ3n) is 4.43. The van der Waals surface area contributed by atoms with E-state index in [1.54, 1.807) is 7.11 Å². The number of hydrogen-bond donors (Lipinski definition) is 1. The van der Waals surface area contributed by atoms with E-state index in [2.05, 4.69) is 15.5 Å². The predicted octanol–water partition coefficient (Wildman–Crippen LogP) is 3.49. The number of aromatic nitrogens is 2. The molecule has 0 spiro atoms. The van der Waals surface area contributed by atoms with Gasteiger partial charge in [0.1, 0.15) is 5.75 Å². The van der Waals surface area contributed by atoms with Gasteiger partial charge < -0.3 is 14.5 Å². The van der Waals surface area contributed by atoms with Crippen LogP contribution in [0.15, 0.2) is 59.3 Å². The van der Waals surface area contributed by atoms with Gasteiger partial charge in [0.15, 0.2) is 0 Å². The van der Waals surface area contributed by atoms with Crippen molar-refractivity contribution in [2.75, 3.05) is 12.4 Å². The highest BCUT2D eigenvalue weighted by Crippen LogP contribution is 2.50. The Kier molecular flexibility index (Phi) is 3.93. The zero-order valence-electron chi connectivity index (χ0n) is 13.7. The molecule has 0 bridgehead atoms. The molecule has 0 unspecified atom stereocenters. The summed E-state index contributed by atoms with van der Waals surface area (Å²) in [5.41, 5.74) is 2.66. The molecule has 1 aromatic heterocycles. The van der Waals surface area contributed by atoms with Gasteiger partial charge in [-0.05, 0) is 48.2 Å². The summed E-state index contributed by atoms with van der Waals surface area (Å²) in [7, 11) is 1.65. The Morgan fingerprint density at radius 1 is 1.20 bits per heavy atom. The van der Waals surface area contributed by atoms with Crippen molar-refractivity contribution < 1.29 is 13.9 Å². The van der Waals surface area contributed by atoms with Gasteiger partial charge in [-0.25, -0.2) is 0 Å². The fourth-order valence-corrected chi connectivity index (χ4v) is 3.03. The van der Waals surface area contributed by atoms with Crippen LogP contribution in [0.1, 0.15) is 17.9 Å². The quantitative estimate of drug-likeness (QED) is 0.772. The van der Waals surface area contributed by atoms with Gasteiger partial charge in [-0.15, -0.1) is 10.2 Å². The topological polar surface area (TPSA) is 77.2 Å². The molecule has 1 aliphatic rings. The second-order valence-corrected chi connectivity index (χ2v) is 6.00. The molecular weight excluding hydrogens is 318 g/mol. The van der Waals surface area contributed by atoms with E-state index in [0.717, 1.165) is 29.0 Å². The molecule has 25 heavy (non-hydrogen) atoms. The van der Waals surface area contributed by atoms with Gasteiger partial charge >= 0.3 is 0 Å². The van der Waals surface area contributed by atoms with Gasteiger partial charge in [0.2, 0.25) is 18.2 Å². The number of carbonyl (C=O) groups is 1. The molecular formula is C19H17N3O3. The SMILES string of the molecule is COc1ccccc1[C@@H]1C[C@H]1C(=O)Nc1ccc(-c2nnco2)cc1. The highest BCUT2D eigenvalue weighted by Gasteiger charge is 2.45. The normalized spacial score (nSPS) is 18.6. The Morgan fingerprint density at radius 2 is 2.00 bits per heavy atom. The Bertz CT molecular complexity index is 875. The first-order valence-electron chi connectivity index (χ1n) is 8.06. The van der Waals surface area contributed by atoms with Crippen LogP contribution in [0.4, 0.5) is 5.69 Å². The summed E-state index contributed by atoms with van der Waals surface area (Å²) >= 11 is 0. The molecule has 2 atom stereocenters. The van der Waals surface area contributed by atoms with Gasteiger partial charge in [0, 0.05) is 17.2 Å². The summed E-state index contributed by atoms with van der Waals surface area (Å²) in [4.78, 5) is 12.5. The number of benzene rings is 2. The number of nitrogens with zero attached hydrogens (tertiary/aromatic N) is 2. The number of rotatable bonds is 5. The molecule has 6 heteroatoms. The number of carbonyl (C=O) groups excluding carboxylic acids is 1. The summed E-state index contributed by atoms with van der Waals surface area (Å²) in [6.07, 6.45) is 2.13. The number of anilines is 1. The van der Waals surface area contributed by atoms with Gasteiger partial charge in [-0.2, -0.15) is 0 Å². The Hall–Kier alpha value is -3.15. The second kappa shape index (κ2) is 6.39. The van der Waals surface area contributed by atoms with E-state index in [-0.39, 0.29) is 17.7 Å². The first-order valence-corrected chi connectivity index (χ1v) is 8.06. The monoisotopic (exact) mass is 335 g/mol. The number of amides is 1. The summed E-state index contributed by atoms with van der Waals surface area (Å²) in [5, 5.41) is 10.5. The maximum atomic E-state index is 12.5. The van der Waals surface area contributed by atoms with Crippen molar-refractivity contribution >= 4 is 11.6 Å². The minimum Gasteiger partial charge on any atom is -0.496 e. The molecule has 1 fully saturated rings. The summed E-state index contributed by atoms with van der Waals surface area (Å²) in [6.45, 7) is 0. The van der Waals surface area contributed by atoms with Crippen molar-refractivity contribution in [3.05, 3.63) is 60.5 Å². The molecule has 0 aliphatic heterocycles. The zero-order chi connectivity index (χ0) is 17.2. The molecule has 1 amide bonds. The standard InChI is InChI=1S/C19H17N3O3/c1-24-17-5-3-2-4-14(17)15-10-16(15)18(23)21-13-8-6-12(7-9-13)19-22-20-11-25-19/h2-9,11,15-16H,10H2,1H3,(H,21,23)/t15-,16+/m0/s1. The van der Waals surface area contributed by atoms with Crippen LogP contribution in [-0.2, 0) is 4.79 Å². The predicted molar refractivity (Wildman–Crippen MR) is 92.2 cm³/mol. The molecule has 3 aromatic rings. The Balaban J connectivity index is 1.41. The van der Waals surface area contributed by atoms with Crippen molar-refractivity contribution in [1.82, 2.24) is 10.2 Å². The maximum absolute atomic E-state index is 12.5. The average molecular weight is 335 g/mol. The fraction of sp³-hybridized carbons (Fsp3) is 0.211. The molecule has 2 aromatic carbocycles. The van der Waals surface area contributed by atoms with Crippen molar-refractivity contribution in [2.24, 2.45) is 5.92 Å². The number of hydrogen-bond acceptors (Lipinski definition) is 5. The van der Waals surface area contributed by atoms with E-state index >= 15 is 0 Å². The van der Waals surface area contributed by atoms with Crippen molar-refractivity contribution in [3.63, 3.8) is 0 Å². The fourth-order valence-electron chi connectivity index (χ4n) is 3.03. The highest BCUT2D eigenvalue weighted by atomic mass is 16.5. The molecule has 1 N–H and O–H groups in total. The van der Waals surface area contributed by atoms with E-state index in [4.69, 9.17) is 9.15 Å². The van der Waals surface area contributed by atoms with Crippen molar-refractivity contribution in [1.29, 1.82) is 0 Å². The third kappa shape index (κ3) is 3.10. The smallest absolute Gasteiger partial charge is 0.247 e. The van der Waals surface area contributed by atoms with E-state index < -0.39 is 0 Å². The third-order valence-corrected chi connectivity index (χ3v) is 4.43. The van der Waals surface area contributed by atoms with E-state index in [9.17, 15) is 4.79 Å². The lowest BCUT2D eigenvalue weighted by Crippen LogP contribution is -2.14. The summed E-state index contributed by atoms with van der Waals surface area (Å²) in [6, 6.07) is 15.2. The molecule has 4 rings (SSSR count). The van der Waals surface area contributed by atoms with Crippen LogP contribution in [0.2, 0.25) is 0 Å². The van der Waals surface area contributed by atoms with Crippen LogP contribution in [-0.4, -0.2) is 23.2 Å². The van der Waals surface area contributed by atoms with Gasteiger partial charge in [0.05, 0.1) is 7.11 Å². The number of nitrogens with one attached hydrogen (secondary N) is 1. The molecule has 126 valence electrons. The lowest BCUT2D eigenvalue weighted by Gasteiger charge is -2.08. The lowest BCUT2D eigenvalue weighted by molar-refractivity contribution is -0.117. The molecule has 0 radical (unpaired) electrons. The maximum Gasteiger partial charge on any atom is 0.247 e. The number of methoxy groups -OCH3 is 1. The highest BCUT2D eigenvalue weighted by molar-refractivity contribution is 5.95. The van der Waals surface area contributed by atoms with Crippen molar-refractivity contribution in [3.8, 4) is 17.2 Å². The van der Waals surface area contributed by atoms with Crippen LogP contribution in [0.5, 0.6) is 5.75 Å². The molecule has 1 aliphatic carbocycles. The molecule has 0 saturated heterocycles. The number of para-hydroxylation sites is 1. The first-order chi connectivity index (χ1) is 12.3. The molecule has 1 saturated carbocycles. The molecule has 6 nitrogen and oxygen atoms in total. The summed E-state index contributed by atoms with van der Waals surface area (Å²) < 4.78 is 10.5. The van der Waals surface area contributed by atoms with E-state index in [0.29, 0.717) is 5.89 Å². The minimum atomic E-state index is -0.0214. The van der Waals surface area contributed by atoms with Gasteiger partial charge in [-0.1, -0.05) is 18.2 Å². The van der Waals surface area contributed by atoms with Crippen molar-refractivity contribution in [2.45, 2.75) is 12.3 Å². The zero-order valence-corrected chi connectivity index (χ0v) is 13.7. The van der Waals surface area contributed by atoms with Gasteiger partial charge in [-0.3, -0.25) is 4.79 Å². The molecule has 1 heterocycles. The largest absolute Gasteiger partial charge is 0.496 e. The lowest BCUT2D eigenvalue weighted by atomic mass is 10.1. The average Bonchev–Trinajstić information content (AvgIpc) is 3.27.